The van der Waals surface area contributed by atoms with Gasteiger partial charge in [0.1, 0.15) is 0 Å². The Morgan fingerprint density at radius 2 is 1.70 bits per heavy atom. The van der Waals surface area contributed by atoms with E-state index in [4.69, 9.17) is 0 Å². The SMILES string of the molecule is CC(=O)N1CCC2(CCCN(C(=O)c3ccc(-c4cccs4)cc3)C2)CC1. The average Bonchev–Trinajstić information content (AvgIpc) is 3.23. The van der Waals surface area contributed by atoms with Crippen LogP contribution >= 0.6 is 11.3 Å². The fraction of sp³-hybridized carbons (Fsp3) is 0.455. The molecule has 1 aromatic heterocycles. The maximum Gasteiger partial charge on any atom is 0.253 e. The number of likely N-dealkylation sites (tertiary alicyclic amines) is 2. The van der Waals surface area contributed by atoms with Crippen LogP contribution in [0.5, 0.6) is 0 Å². The van der Waals surface area contributed by atoms with Crippen molar-refractivity contribution < 1.29 is 9.59 Å². The Labute approximate surface area is 164 Å². The minimum absolute atomic E-state index is 0.140. The van der Waals surface area contributed by atoms with Crippen LogP contribution in [-0.4, -0.2) is 47.8 Å². The highest BCUT2D eigenvalue weighted by Crippen LogP contribution is 2.40. The number of carbonyl (C=O) groups is 2. The Bertz CT molecular complexity index is 805. The molecule has 3 heterocycles. The molecular formula is C22H26N2O2S. The first-order valence-electron chi connectivity index (χ1n) is 9.75. The minimum atomic E-state index is 0.140. The van der Waals surface area contributed by atoms with Crippen LogP contribution in [0.2, 0.25) is 0 Å². The van der Waals surface area contributed by atoms with Gasteiger partial charge >= 0.3 is 0 Å². The smallest absolute Gasteiger partial charge is 0.253 e. The Morgan fingerprint density at radius 3 is 2.33 bits per heavy atom. The van der Waals surface area contributed by atoms with E-state index >= 15 is 0 Å². The van der Waals surface area contributed by atoms with E-state index in [1.165, 1.54) is 11.3 Å². The van der Waals surface area contributed by atoms with Crippen molar-refractivity contribution in [1.29, 1.82) is 0 Å². The molecule has 2 aliphatic heterocycles. The maximum atomic E-state index is 13.1. The van der Waals surface area contributed by atoms with Gasteiger partial charge in [0.05, 0.1) is 0 Å². The molecule has 2 aliphatic rings. The molecule has 1 aromatic carbocycles. The normalized spacial score (nSPS) is 19.3. The number of nitrogens with zero attached hydrogens (tertiary/aromatic N) is 2. The zero-order chi connectivity index (χ0) is 18.9. The van der Waals surface area contributed by atoms with Crippen LogP contribution < -0.4 is 0 Å². The monoisotopic (exact) mass is 382 g/mol. The molecule has 0 unspecified atom stereocenters. The number of carbonyl (C=O) groups excluding carboxylic acids is 2. The Balaban J connectivity index is 1.44. The van der Waals surface area contributed by atoms with Crippen molar-refractivity contribution in [3.05, 3.63) is 47.3 Å². The lowest BCUT2D eigenvalue weighted by Crippen LogP contribution is -2.51. The van der Waals surface area contributed by atoms with Gasteiger partial charge in [-0.25, -0.2) is 0 Å². The fourth-order valence-corrected chi connectivity index (χ4v) is 5.22. The number of hydrogen-bond acceptors (Lipinski definition) is 3. The van der Waals surface area contributed by atoms with E-state index in [9.17, 15) is 9.59 Å². The number of hydrogen-bond donors (Lipinski definition) is 0. The summed E-state index contributed by atoms with van der Waals surface area (Å²) in [5.41, 5.74) is 2.12. The van der Waals surface area contributed by atoms with Crippen LogP contribution in [0.4, 0.5) is 0 Å². The minimum Gasteiger partial charge on any atom is -0.343 e. The summed E-state index contributed by atoms with van der Waals surface area (Å²) >= 11 is 1.71. The van der Waals surface area contributed by atoms with E-state index < -0.39 is 0 Å². The van der Waals surface area contributed by atoms with Gasteiger partial charge in [0.2, 0.25) is 5.91 Å². The summed E-state index contributed by atoms with van der Waals surface area (Å²) in [5.74, 6) is 0.306. The lowest BCUT2D eigenvalue weighted by molar-refractivity contribution is -0.131. The lowest BCUT2D eigenvalue weighted by atomic mass is 9.72. The van der Waals surface area contributed by atoms with Gasteiger partial charge in [0.25, 0.3) is 5.91 Å². The van der Waals surface area contributed by atoms with Crippen LogP contribution in [0.25, 0.3) is 10.4 Å². The molecule has 27 heavy (non-hydrogen) atoms. The van der Waals surface area contributed by atoms with Gasteiger partial charge < -0.3 is 9.80 Å². The zero-order valence-electron chi connectivity index (χ0n) is 15.8. The van der Waals surface area contributed by atoms with Crippen molar-refractivity contribution in [2.45, 2.75) is 32.6 Å². The molecule has 0 N–H and O–H groups in total. The van der Waals surface area contributed by atoms with Crippen molar-refractivity contribution in [1.82, 2.24) is 9.80 Å². The van der Waals surface area contributed by atoms with Crippen LogP contribution in [-0.2, 0) is 4.79 Å². The second-order valence-corrected chi connectivity index (χ2v) is 8.84. The van der Waals surface area contributed by atoms with Gasteiger partial charge in [-0.1, -0.05) is 18.2 Å². The van der Waals surface area contributed by atoms with Crippen molar-refractivity contribution in [3.8, 4) is 10.4 Å². The third-order valence-corrected chi connectivity index (χ3v) is 7.07. The van der Waals surface area contributed by atoms with Crippen molar-refractivity contribution in [2.75, 3.05) is 26.2 Å². The van der Waals surface area contributed by atoms with Gasteiger partial charge in [-0.15, -0.1) is 11.3 Å². The average molecular weight is 383 g/mol. The van der Waals surface area contributed by atoms with Crippen molar-refractivity contribution in [2.24, 2.45) is 5.41 Å². The van der Waals surface area contributed by atoms with E-state index in [1.807, 2.05) is 40.1 Å². The van der Waals surface area contributed by atoms with Gasteiger partial charge in [-0.3, -0.25) is 9.59 Å². The maximum absolute atomic E-state index is 13.1. The molecule has 4 nitrogen and oxygen atoms in total. The van der Waals surface area contributed by atoms with E-state index in [0.29, 0.717) is 0 Å². The molecule has 2 amide bonds. The van der Waals surface area contributed by atoms with E-state index in [0.717, 1.165) is 56.6 Å². The van der Waals surface area contributed by atoms with Crippen LogP contribution in [0.1, 0.15) is 43.0 Å². The first kappa shape index (κ1) is 18.2. The number of piperidine rings is 2. The second kappa shape index (κ2) is 7.47. The molecule has 142 valence electrons. The molecule has 0 aliphatic carbocycles. The predicted octanol–water partition coefficient (Wildman–Crippen LogP) is 4.28. The molecule has 0 radical (unpaired) electrons. The molecule has 2 aromatic rings. The van der Waals surface area contributed by atoms with Gasteiger partial charge in [-0.2, -0.15) is 0 Å². The van der Waals surface area contributed by atoms with E-state index in [1.54, 1.807) is 18.3 Å². The zero-order valence-corrected chi connectivity index (χ0v) is 16.6. The topological polar surface area (TPSA) is 40.6 Å². The van der Waals surface area contributed by atoms with Gasteiger partial charge in [0, 0.05) is 43.5 Å². The van der Waals surface area contributed by atoms with E-state index in [-0.39, 0.29) is 17.2 Å². The Kier molecular flexibility index (Phi) is 5.04. The summed E-state index contributed by atoms with van der Waals surface area (Å²) in [4.78, 5) is 29.9. The summed E-state index contributed by atoms with van der Waals surface area (Å²) in [5, 5.41) is 2.07. The highest BCUT2D eigenvalue weighted by molar-refractivity contribution is 7.13. The first-order valence-corrected chi connectivity index (χ1v) is 10.6. The summed E-state index contributed by atoms with van der Waals surface area (Å²) in [7, 11) is 0. The van der Waals surface area contributed by atoms with Crippen LogP contribution in [0.15, 0.2) is 41.8 Å². The van der Waals surface area contributed by atoms with Crippen molar-refractivity contribution >= 4 is 23.2 Å². The Hall–Kier alpha value is -2.14. The van der Waals surface area contributed by atoms with Gasteiger partial charge in [-0.05, 0) is 60.2 Å². The molecule has 2 saturated heterocycles. The number of rotatable bonds is 2. The van der Waals surface area contributed by atoms with Crippen molar-refractivity contribution in [3.63, 3.8) is 0 Å². The largest absolute Gasteiger partial charge is 0.343 e. The number of amides is 2. The summed E-state index contributed by atoms with van der Waals surface area (Å²) < 4.78 is 0. The molecule has 4 rings (SSSR count). The fourth-order valence-electron chi connectivity index (χ4n) is 4.49. The quantitative estimate of drug-likeness (QED) is 0.778. The summed E-state index contributed by atoms with van der Waals surface area (Å²) in [6, 6.07) is 12.1. The number of benzene rings is 1. The second-order valence-electron chi connectivity index (χ2n) is 7.89. The first-order chi connectivity index (χ1) is 13.1. The lowest BCUT2D eigenvalue weighted by Gasteiger charge is -2.47. The number of thiophene rings is 1. The molecule has 0 bridgehead atoms. The molecule has 5 heteroatoms. The molecular weight excluding hydrogens is 356 g/mol. The standard InChI is InChI=1S/C22H26N2O2S/c1-17(25)23-13-10-22(11-14-23)9-3-12-24(16-22)21(26)19-7-5-18(6-8-19)20-4-2-15-27-20/h2,4-8,15H,3,9-14,16H2,1H3. The predicted molar refractivity (Wildman–Crippen MR) is 109 cm³/mol. The van der Waals surface area contributed by atoms with Crippen LogP contribution in [0.3, 0.4) is 0 Å². The molecule has 0 atom stereocenters. The van der Waals surface area contributed by atoms with Gasteiger partial charge in [0.15, 0.2) is 0 Å². The highest BCUT2D eigenvalue weighted by atomic mass is 32.1. The summed E-state index contributed by atoms with van der Waals surface area (Å²) in [6.45, 7) is 4.96. The third kappa shape index (κ3) is 3.79. The molecule has 2 fully saturated rings. The van der Waals surface area contributed by atoms with Crippen LogP contribution in [0, 0.1) is 5.41 Å². The Morgan fingerprint density at radius 1 is 0.963 bits per heavy atom. The third-order valence-electron chi connectivity index (χ3n) is 6.16. The van der Waals surface area contributed by atoms with E-state index in [2.05, 4.69) is 11.4 Å². The highest BCUT2D eigenvalue weighted by Gasteiger charge is 2.40. The summed E-state index contributed by atoms with van der Waals surface area (Å²) in [6.07, 6.45) is 4.24. The molecule has 0 saturated carbocycles. The molecule has 1 spiro atoms.